The Labute approximate surface area is 94.8 Å². The van der Waals surface area contributed by atoms with Gasteiger partial charge in [0.1, 0.15) is 0 Å². The summed E-state index contributed by atoms with van der Waals surface area (Å²) in [5.41, 5.74) is 0. The van der Waals surface area contributed by atoms with Gasteiger partial charge in [0.15, 0.2) is 0 Å². The summed E-state index contributed by atoms with van der Waals surface area (Å²) in [6.07, 6.45) is 8.26. The molecule has 0 amide bonds. The third kappa shape index (κ3) is 4.98. The molecule has 90 valence electrons. The van der Waals surface area contributed by atoms with Crippen LogP contribution < -0.4 is 5.32 Å². The van der Waals surface area contributed by atoms with E-state index in [-0.39, 0.29) is 0 Å². The molecule has 0 radical (unpaired) electrons. The fourth-order valence-corrected chi connectivity index (χ4v) is 2.68. The molecule has 1 atom stereocenters. The predicted octanol–water partition coefficient (Wildman–Crippen LogP) is 2.97. The van der Waals surface area contributed by atoms with Gasteiger partial charge < -0.3 is 10.1 Å². The quantitative estimate of drug-likeness (QED) is 0.626. The third-order valence-corrected chi connectivity index (χ3v) is 3.44. The van der Waals surface area contributed by atoms with Gasteiger partial charge in [0, 0.05) is 19.3 Å². The molecule has 1 aliphatic carbocycles. The van der Waals surface area contributed by atoms with Crippen molar-refractivity contribution in [2.45, 2.75) is 58.4 Å². The van der Waals surface area contributed by atoms with E-state index in [4.69, 9.17) is 4.74 Å². The van der Waals surface area contributed by atoms with Crippen LogP contribution in [-0.4, -0.2) is 25.8 Å². The van der Waals surface area contributed by atoms with E-state index in [0.29, 0.717) is 0 Å². The summed E-state index contributed by atoms with van der Waals surface area (Å²) in [5, 5.41) is 3.65. The largest absolute Gasteiger partial charge is 0.382 e. The first-order valence-corrected chi connectivity index (χ1v) is 6.69. The van der Waals surface area contributed by atoms with Crippen LogP contribution in [0, 0.1) is 5.92 Å². The highest BCUT2D eigenvalue weighted by Gasteiger charge is 2.23. The fourth-order valence-electron chi connectivity index (χ4n) is 2.68. The summed E-state index contributed by atoms with van der Waals surface area (Å²) in [6.45, 7) is 7.18. The highest BCUT2D eigenvalue weighted by Crippen LogP contribution is 2.29. The molecule has 0 saturated heterocycles. The molecule has 0 aromatic rings. The van der Waals surface area contributed by atoms with Gasteiger partial charge in [0.25, 0.3) is 0 Å². The van der Waals surface area contributed by atoms with Crippen LogP contribution in [0.25, 0.3) is 0 Å². The van der Waals surface area contributed by atoms with E-state index in [1.54, 1.807) is 0 Å². The summed E-state index contributed by atoms with van der Waals surface area (Å²) in [7, 11) is 0. The van der Waals surface area contributed by atoms with Crippen molar-refractivity contribution in [3.05, 3.63) is 0 Å². The fraction of sp³-hybridized carbons (Fsp3) is 1.00. The average Bonchev–Trinajstić information content (AvgIpc) is 2.76. The van der Waals surface area contributed by atoms with Crippen molar-refractivity contribution in [3.8, 4) is 0 Å². The molecule has 1 unspecified atom stereocenters. The Morgan fingerprint density at radius 3 is 2.60 bits per heavy atom. The second-order valence-corrected chi connectivity index (χ2v) is 4.55. The van der Waals surface area contributed by atoms with Crippen LogP contribution in [0.15, 0.2) is 0 Å². The van der Waals surface area contributed by atoms with Gasteiger partial charge in [-0.2, -0.15) is 0 Å². The highest BCUT2D eigenvalue weighted by molar-refractivity contribution is 4.80. The van der Waals surface area contributed by atoms with E-state index in [9.17, 15) is 0 Å². The topological polar surface area (TPSA) is 21.3 Å². The first-order valence-electron chi connectivity index (χ1n) is 6.69. The summed E-state index contributed by atoms with van der Waals surface area (Å²) < 4.78 is 5.40. The van der Waals surface area contributed by atoms with E-state index < -0.39 is 0 Å². The maximum Gasteiger partial charge on any atom is 0.0466 e. The Morgan fingerprint density at radius 2 is 2.00 bits per heavy atom. The Kier molecular flexibility index (Phi) is 7.03. The van der Waals surface area contributed by atoms with Gasteiger partial charge in [-0.05, 0) is 45.1 Å². The standard InChI is InChI=1S/C13H27NO/c1-3-14-13(10-7-11-15-4-2)12-8-5-6-9-12/h12-14H,3-11H2,1-2H3. The van der Waals surface area contributed by atoms with Crippen molar-refractivity contribution in [2.24, 2.45) is 5.92 Å². The maximum absolute atomic E-state index is 5.40. The van der Waals surface area contributed by atoms with E-state index in [0.717, 1.165) is 31.7 Å². The smallest absolute Gasteiger partial charge is 0.0466 e. The number of ether oxygens (including phenoxy) is 1. The molecule has 2 heteroatoms. The highest BCUT2D eigenvalue weighted by atomic mass is 16.5. The van der Waals surface area contributed by atoms with Crippen molar-refractivity contribution in [1.82, 2.24) is 5.32 Å². The molecule has 0 heterocycles. The number of hydrogen-bond acceptors (Lipinski definition) is 2. The summed E-state index contributed by atoms with van der Waals surface area (Å²) in [5.74, 6) is 0.937. The molecule has 1 rings (SSSR count). The van der Waals surface area contributed by atoms with Crippen LogP contribution in [0.2, 0.25) is 0 Å². The number of nitrogens with one attached hydrogen (secondary N) is 1. The van der Waals surface area contributed by atoms with Crippen molar-refractivity contribution in [3.63, 3.8) is 0 Å². The molecule has 0 aromatic heterocycles. The molecule has 0 spiro atoms. The lowest BCUT2D eigenvalue weighted by molar-refractivity contribution is 0.138. The second kappa shape index (κ2) is 8.12. The van der Waals surface area contributed by atoms with E-state index in [1.807, 2.05) is 0 Å². The maximum atomic E-state index is 5.40. The van der Waals surface area contributed by atoms with Gasteiger partial charge in [-0.25, -0.2) is 0 Å². The summed E-state index contributed by atoms with van der Waals surface area (Å²) in [6, 6.07) is 0.748. The van der Waals surface area contributed by atoms with E-state index >= 15 is 0 Å². The van der Waals surface area contributed by atoms with Gasteiger partial charge in [-0.3, -0.25) is 0 Å². The van der Waals surface area contributed by atoms with Gasteiger partial charge in [-0.15, -0.1) is 0 Å². The molecule has 0 bridgehead atoms. The van der Waals surface area contributed by atoms with Crippen molar-refractivity contribution >= 4 is 0 Å². The van der Waals surface area contributed by atoms with Gasteiger partial charge >= 0.3 is 0 Å². The predicted molar refractivity (Wildman–Crippen MR) is 65.1 cm³/mol. The van der Waals surface area contributed by atoms with Crippen LogP contribution in [0.4, 0.5) is 0 Å². The summed E-state index contributed by atoms with van der Waals surface area (Å²) in [4.78, 5) is 0. The zero-order chi connectivity index (χ0) is 10.9. The van der Waals surface area contributed by atoms with Gasteiger partial charge in [0.2, 0.25) is 0 Å². The van der Waals surface area contributed by atoms with Crippen LogP contribution in [0.5, 0.6) is 0 Å². The van der Waals surface area contributed by atoms with Gasteiger partial charge in [-0.1, -0.05) is 19.8 Å². The molecular weight excluding hydrogens is 186 g/mol. The van der Waals surface area contributed by atoms with Crippen molar-refractivity contribution < 1.29 is 4.74 Å². The lowest BCUT2D eigenvalue weighted by Crippen LogP contribution is -2.35. The lowest BCUT2D eigenvalue weighted by Gasteiger charge is -2.24. The first kappa shape index (κ1) is 13.0. The molecule has 0 aliphatic heterocycles. The van der Waals surface area contributed by atoms with Crippen LogP contribution >= 0.6 is 0 Å². The van der Waals surface area contributed by atoms with Gasteiger partial charge in [0.05, 0.1) is 0 Å². The zero-order valence-electron chi connectivity index (χ0n) is 10.4. The van der Waals surface area contributed by atoms with Crippen LogP contribution in [0.3, 0.4) is 0 Å². The monoisotopic (exact) mass is 213 g/mol. The molecule has 1 aliphatic rings. The van der Waals surface area contributed by atoms with Crippen molar-refractivity contribution in [2.75, 3.05) is 19.8 Å². The lowest BCUT2D eigenvalue weighted by atomic mass is 9.94. The van der Waals surface area contributed by atoms with Crippen LogP contribution in [-0.2, 0) is 4.74 Å². The number of rotatable bonds is 8. The van der Waals surface area contributed by atoms with Crippen molar-refractivity contribution in [1.29, 1.82) is 0 Å². The summed E-state index contributed by atoms with van der Waals surface area (Å²) >= 11 is 0. The SMILES string of the molecule is CCNC(CCCOCC)C1CCCC1. The molecule has 1 saturated carbocycles. The normalized spacial score (nSPS) is 19.6. The minimum absolute atomic E-state index is 0.748. The Hall–Kier alpha value is -0.0800. The second-order valence-electron chi connectivity index (χ2n) is 4.55. The third-order valence-electron chi connectivity index (χ3n) is 3.44. The zero-order valence-corrected chi connectivity index (χ0v) is 10.4. The molecule has 15 heavy (non-hydrogen) atoms. The first-order chi connectivity index (χ1) is 7.38. The van der Waals surface area contributed by atoms with E-state index in [2.05, 4.69) is 19.2 Å². The molecule has 2 nitrogen and oxygen atoms in total. The van der Waals surface area contributed by atoms with Crippen LogP contribution in [0.1, 0.15) is 52.4 Å². The molecular formula is C13H27NO. The molecule has 0 aromatic carbocycles. The Balaban J connectivity index is 2.17. The van der Waals surface area contributed by atoms with E-state index in [1.165, 1.54) is 38.5 Å². The minimum Gasteiger partial charge on any atom is -0.382 e. The average molecular weight is 213 g/mol. The Morgan fingerprint density at radius 1 is 1.27 bits per heavy atom. The Bertz CT molecular complexity index is 143. The minimum atomic E-state index is 0.748. The number of hydrogen-bond donors (Lipinski definition) is 1. The molecule has 1 N–H and O–H groups in total. The molecule has 1 fully saturated rings.